The fourth-order valence-corrected chi connectivity index (χ4v) is 5.73. The van der Waals surface area contributed by atoms with Gasteiger partial charge in [-0.2, -0.15) is 0 Å². The van der Waals surface area contributed by atoms with Crippen molar-refractivity contribution in [2.75, 3.05) is 18.5 Å². The van der Waals surface area contributed by atoms with Crippen LogP contribution in [-0.2, 0) is 10.3 Å². The fraction of sp³-hybridized carbons (Fsp3) is 0.448. The molecule has 8 heteroatoms. The van der Waals surface area contributed by atoms with Crippen LogP contribution in [-0.4, -0.2) is 55.6 Å². The second kappa shape index (κ2) is 8.96. The number of imidazole rings is 1. The molecule has 0 unspecified atom stereocenters. The van der Waals surface area contributed by atoms with Gasteiger partial charge in [-0.05, 0) is 53.9 Å². The maximum Gasteiger partial charge on any atom is 0.291 e. The molecule has 0 saturated carbocycles. The van der Waals surface area contributed by atoms with E-state index < -0.39 is 22.7 Å². The van der Waals surface area contributed by atoms with E-state index in [0.29, 0.717) is 16.9 Å². The molecule has 1 aromatic heterocycles. The SMILES string of the molecule is C#Cc1c[nH]c(C(=O)Nc2ccc([C@]3(O)C[C@@]4(CO)C=C[C@@](CO)(C3)O4)cc2C2=CCC(C)(C)CC2)n1. The van der Waals surface area contributed by atoms with Gasteiger partial charge in [0.15, 0.2) is 5.82 Å². The maximum absolute atomic E-state index is 13.0. The molecule has 37 heavy (non-hydrogen) atoms. The molecule has 1 saturated heterocycles. The van der Waals surface area contributed by atoms with E-state index in [-0.39, 0.29) is 37.3 Å². The number of hydrogen-bond donors (Lipinski definition) is 5. The number of aromatic amines is 1. The highest BCUT2D eigenvalue weighted by Crippen LogP contribution is 2.52. The van der Waals surface area contributed by atoms with Crippen LogP contribution in [0.2, 0.25) is 0 Å². The second-order valence-electron chi connectivity index (χ2n) is 11.4. The molecule has 2 bridgehead atoms. The van der Waals surface area contributed by atoms with Crippen molar-refractivity contribution in [3.05, 3.63) is 65.3 Å². The Balaban J connectivity index is 1.53. The van der Waals surface area contributed by atoms with Crippen LogP contribution in [0.3, 0.4) is 0 Å². The molecule has 5 rings (SSSR count). The number of aliphatic hydroxyl groups is 3. The van der Waals surface area contributed by atoms with E-state index in [0.717, 1.165) is 30.4 Å². The lowest BCUT2D eigenvalue weighted by Gasteiger charge is -2.47. The molecule has 5 N–H and O–H groups in total. The summed E-state index contributed by atoms with van der Waals surface area (Å²) in [5.74, 6) is 2.10. The van der Waals surface area contributed by atoms with Crippen molar-refractivity contribution in [3.63, 3.8) is 0 Å². The molecule has 1 fully saturated rings. The number of hydrogen-bond acceptors (Lipinski definition) is 6. The Labute approximate surface area is 216 Å². The highest BCUT2D eigenvalue weighted by Gasteiger charge is 2.57. The molecule has 3 aliphatic rings. The molecule has 3 heterocycles. The largest absolute Gasteiger partial charge is 0.393 e. The van der Waals surface area contributed by atoms with Gasteiger partial charge in [-0.1, -0.05) is 38.1 Å². The van der Waals surface area contributed by atoms with E-state index in [2.05, 4.69) is 41.1 Å². The summed E-state index contributed by atoms with van der Waals surface area (Å²) in [7, 11) is 0. The molecule has 1 aromatic carbocycles. The summed E-state index contributed by atoms with van der Waals surface area (Å²) < 4.78 is 6.03. The molecular weight excluding hydrogens is 470 g/mol. The van der Waals surface area contributed by atoms with Gasteiger partial charge in [0.1, 0.15) is 16.9 Å². The first-order valence-electron chi connectivity index (χ1n) is 12.6. The second-order valence-corrected chi connectivity index (χ2v) is 11.4. The van der Waals surface area contributed by atoms with Crippen LogP contribution in [0.25, 0.3) is 5.57 Å². The summed E-state index contributed by atoms with van der Waals surface area (Å²) in [6, 6.07) is 5.48. The van der Waals surface area contributed by atoms with Gasteiger partial charge in [-0.25, -0.2) is 4.98 Å². The van der Waals surface area contributed by atoms with Gasteiger partial charge in [0, 0.05) is 30.3 Å². The van der Waals surface area contributed by atoms with Gasteiger partial charge in [0.25, 0.3) is 5.91 Å². The zero-order valence-electron chi connectivity index (χ0n) is 21.2. The smallest absolute Gasteiger partial charge is 0.291 e. The van der Waals surface area contributed by atoms with E-state index in [1.807, 2.05) is 6.07 Å². The van der Waals surface area contributed by atoms with Gasteiger partial charge >= 0.3 is 0 Å². The average molecular weight is 504 g/mol. The summed E-state index contributed by atoms with van der Waals surface area (Å²) in [5, 5.41) is 35.0. The van der Waals surface area contributed by atoms with Gasteiger partial charge in [-0.3, -0.25) is 4.79 Å². The van der Waals surface area contributed by atoms with Crippen LogP contribution in [0.5, 0.6) is 0 Å². The third-order valence-corrected chi connectivity index (χ3v) is 7.88. The maximum atomic E-state index is 13.0. The first-order valence-corrected chi connectivity index (χ1v) is 12.6. The average Bonchev–Trinajstić information content (AvgIpc) is 3.48. The molecule has 0 spiro atoms. The summed E-state index contributed by atoms with van der Waals surface area (Å²) >= 11 is 0. The van der Waals surface area contributed by atoms with Crippen LogP contribution in [0.4, 0.5) is 5.69 Å². The van der Waals surface area contributed by atoms with Gasteiger partial charge in [0.05, 0.1) is 18.8 Å². The van der Waals surface area contributed by atoms with Crippen LogP contribution < -0.4 is 5.32 Å². The van der Waals surface area contributed by atoms with Crippen molar-refractivity contribution in [1.82, 2.24) is 9.97 Å². The Morgan fingerprint density at radius 2 is 1.92 bits per heavy atom. The Kier molecular flexibility index (Phi) is 6.16. The lowest BCUT2D eigenvalue weighted by atomic mass is 9.73. The van der Waals surface area contributed by atoms with Crippen LogP contribution in [0.15, 0.2) is 42.6 Å². The topological polar surface area (TPSA) is 128 Å². The van der Waals surface area contributed by atoms with Gasteiger partial charge in [-0.15, -0.1) is 6.42 Å². The number of anilines is 1. The molecule has 194 valence electrons. The number of H-pyrrole nitrogens is 1. The highest BCUT2D eigenvalue weighted by atomic mass is 16.6. The molecule has 1 amide bonds. The molecule has 8 nitrogen and oxygen atoms in total. The Hall–Kier alpha value is -3.22. The Morgan fingerprint density at radius 1 is 1.22 bits per heavy atom. The lowest BCUT2D eigenvalue weighted by Crippen LogP contribution is -2.55. The highest BCUT2D eigenvalue weighted by molar-refractivity contribution is 6.03. The van der Waals surface area contributed by atoms with E-state index in [9.17, 15) is 20.1 Å². The summed E-state index contributed by atoms with van der Waals surface area (Å²) in [5.41, 5.74) is 0.197. The number of aliphatic hydroxyl groups excluding tert-OH is 2. The van der Waals surface area contributed by atoms with Gasteiger partial charge < -0.3 is 30.4 Å². The van der Waals surface area contributed by atoms with E-state index in [1.54, 1.807) is 24.3 Å². The first-order chi connectivity index (χ1) is 17.5. The molecule has 2 aliphatic heterocycles. The first kappa shape index (κ1) is 25.4. The number of benzene rings is 1. The number of terminal acetylenes is 1. The van der Waals surface area contributed by atoms with Crippen LogP contribution in [0, 0.1) is 17.8 Å². The Morgan fingerprint density at radius 3 is 2.49 bits per heavy atom. The summed E-state index contributed by atoms with van der Waals surface area (Å²) in [4.78, 5) is 19.9. The van der Waals surface area contributed by atoms with E-state index in [1.165, 1.54) is 6.20 Å². The number of carbonyl (C=O) groups excluding carboxylic acids is 1. The monoisotopic (exact) mass is 503 g/mol. The fourth-order valence-electron chi connectivity index (χ4n) is 5.73. The van der Waals surface area contributed by atoms with E-state index >= 15 is 0 Å². The van der Waals surface area contributed by atoms with Crippen molar-refractivity contribution < 1.29 is 24.9 Å². The third kappa shape index (κ3) is 4.64. The number of fused-ring (bicyclic) bond motifs is 2. The number of nitrogens with one attached hydrogen (secondary N) is 2. The minimum absolute atomic E-state index is 0.113. The number of aromatic nitrogens is 2. The normalized spacial score (nSPS) is 30.0. The van der Waals surface area contributed by atoms with Crippen molar-refractivity contribution >= 4 is 17.2 Å². The number of rotatable bonds is 6. The number of amides is 1. The molecular formula is C29H33N3O5. The summed E-state index contributed by atoms with van der Waals surface area (Å²) in [6.07, 6.45) is 15.6. The van der Waals surface area contributed by atoms with Crippen molar-refractivity contribution in [2.45, 2.75) is 62.8 Å². The molecule has 0 radical (unpaired) electrons. The van der Waals surface area contributed by atoms with Crippen molar-refractivity contribution in [3.8, 4) is 12.3 Å². The third-order valence-electron chi connectivity index (χ3n) is 7.88. The van der Waals surface area contributed by atoms with Crippen LogP contribution >= 0.6 is 0 Å². The number of nitrogens with zero attached hydrogens (tertiary/aromatic N) is 1. The van der Waals surface area contributed by atoms with Crippen molar-refractivity contribution in [1.29, 1.82) is 0 Å². The summed E-state index contributed by atoms with van der Waals surface area (Å²) in [6.45, 7) is 3.85. The Bertz CT molecular complexity index is 1310. The van der Waals surface area contributed by atoms with Crippen molar-refractivity contribution in [2.24, 2.45) is 5.41 Å². The predicted molar refractivity (Wildman–Crippen MR) is 140 cm³/mol. The number of ether oxygens (including phenoxy) is 1. The lowest BCUT2D eigenvalue weighted by molar-refractivity contribution is -0.220. The zero-order valence-corrected chi connectivity index (χ0v) is 21.2. The predicted octanol–water partition coefficient (Wildman–Crippen LogP) is 3.27. The molecule has 1 aliphatic carbocycles. The van der Waals surface area contributed by atoms with E-state index in [4.69, 9.17) is 11.2 Å². The van der Waals surface area contributed by atoms with Crippen LogP contribution in [0.1, 0.15) is 73.4 Å². The molecule has 3 atom stereocenters. The quantitative estimate of drug-likeness (QED) is 0.304. The zero-order chi connectivity index (χ0) is 26.5. The minimum Gasteiger partial charge on any atom is -0.393 e. The molecule has 2 aromatic rings. The number of allylic oxidation sites excluding steroid dienone is 2. The standard InChI is InChI=1S/C29H33N3O5/c1-4-21-14-30-24(31-21)25(35)32-23-6-5-20(13-22(23)19-7-9-26(2,3)10-8-19)29(36)15-27(17-33)11-12-28(16-29,18-34)37-27/h1,5-7,11-14,33-34,36H,8-10,15-18H2,2-3H3,(H,30,31)(H,32,35)/t27-,28+,29+. The minimum atomic E-state index is -1.36. The van der Waals surface area contributed by atoms with Gasteiger partial charge in [0.2, 0.25) is 0 Å². The number of carbonyl (C=O) groups is 1.